The van der Waals surface area contributed by atoms with Crippen LogP contribution in [0.5, 0.6) is 0 Å². The molecule has 0 radical (unpaired) electrons. The first-order valence-electron chi connectivity index (χ1n) is 5.90. The summed E-state index contributed by atoms with van der Waals surface area (Å²) in [6.07, 6.45) is -2.31. The van der Waals surface area contributed by atoms with Crippen molar-refractivity contribution in [2.24, 2.45) is 5.92 Å². The fourth-order valence-electron chi connectivity index (χ4n) is 2.17. The predicted octanol–water partition coefficient (Wildman–Crippen LogP) is 1.76. The molecule has 1 fully saturated rings. The Bertz CT molecular complexity index is 272. The van der Waals surface area contributed by atoms with Crippen LogP contribution in [0.15, 0.2) is 0 Å². The van der Waals surface area contributed by atoms with Gasteiger partial charge in [0.1, 0.15) is 0 Å². The second kappa shape index (κ2) is 6.22. The Balaban J connectivity index is 2.30. The molecule has 0 aliphatic carbocycles. The third kappa shape index (κ3) is 4.17. The van der Waals surface area contributed by atoms with Crippen LogP contribution in [0.4, 0.5) is 13.2 Å². The van der Waals surface area contributed by atoms with Crippen LogP contribution in [0.2, 0.25) is 0 Å². The van der Waals surface area contributed by atoms with Gasteiger partial charge in [0.15, 0.2) is 5.92 Å². The van der Waals surface area contributed by atoms with E-state index >= 15 is 0 Å². The van der Waals surface area contributed by atoms with E-state index in [2.05, 4.69) is 10.2 Å². The number of nitrogens with zero attached hydrogens (tertiary/aromatic N) is 2. The van der Waals surface area contributed by atoms with Crippen LogP contribution in [0.25, 0.3) is 0 Å². The molecule has 2 atom stereocenters. The minimum absolute atomic E-state index is 0.311. The third-order valence-electron chi connectivity index (χ3n) is 3.18. The van der Waals surface area contributed by atoms with Gasteiger partial charge in [-0.1, -0.05) is 6.92 Å². The van der Waals surface area contributed by atoms with Gasteiger partial charge in [-0.2, -0.15) is 18.4 Å². The number of hydrogen-bond donors (Lipinski definition) is 1. The van der Waals surface area contributed by atoms with E-state index in [9.17, 15) is 13.2 Å². The summed E-state index contributed by atoms with van der Waals surface area (Å²) in [4.78, 5) is 2.25. The molecule has 1 aliphatic rings. The average molecular weight is 249 g/mol. The zero-order valence-corrected chi connectivity index (χ0v) is 9.93. The van der Waals surface area contributed by atoms with Gasteiger partial charge in [0.25, 0.3) is 0 Å². The van der Waals surface area contributed by atoms with Crippen molar-refractivity contribution in [2.45, 2.75) is 32.0 Å². The Hall–Kier alpha value is -0.800. The molecule has 1 rings (SSSR count). The molecule has 1 heterocycles. The highest BCUT2D eigenvalue weighted by Crippen LogP contribution is 2.25. The molecule has 1 N–H and O–H groups in total. The Morgan fingerprint density at radius 3 is 2.76 bits per heavy atom. The summed E-state index contributed by atoms with van der Waals surface area (Å²) in [6, 6.07) is 1.60. The van der Waals surface area contributed by atoms with Crippen LogP contribution < -0.4 is 5.32 Å². The maximum atomic E-state index is 12.3. The van der Waals surface area contributed by atoms with Crippen molar-refractivity contribution in [2.75, 3.05) is 26.2 Å². The molecule has 98 valence electrons. The van der Waals surface area contributed by atoms with Gasteiger partial charge < -0.3 is 5.32 Å². The number of nitriles is 1. The highest BCUT2D eigenvalue weighted by atomic mass is 19.4. The van der Waals surface area contributed by atoms with Gasteiger partial charge in [0.05, 0.1) is 6.07 Å². The predicted molar refractivity (Wildman–Crippen MR) is 58.3 cm³/mol. The minimum atomic E-state index is -4.43. The van der Waals surface area contributed by atoms with Crippen molar-refractivity contribution in [3.63, 3.8) is 0 Å². The molecule has 0 aromatic rings. The quantitative estimate of drug-likeness (QED) is 0.807. The van der Waals surface area contributed by atoms with Gasteiger partial charge in [0.2, 0.25) is 0 Å². The van der Waals surface area contributed by atoms with Crippen LogP contribution in [0, 0.1) is 17.2 Å². The maximum Gasteiger partial charge on any atom is 0.405 e. The summed E-state index contributed by atoms with van der Waals surface area (Å²) in [7, 11) is 0. The van der Waals surface area contributed by atoms with Crippen molar-refractivity contribution in [3.05, 3.63) is 0 Å². The molecule has 0 saturated carbocycles. The van der Waals surface area contributed by atoms with E-state index in [4.69, 9.17) is 5.26 Å². The molecule has 17 heavy (non-hydrogen) atoms. The second-order valence-electron chi connectivity index (χ2n) is 4.31. The molecule has 1 aliphatic heterocycles. The molecule has 2 unspecified atom stereocenters. The van der Waals surface area contributed by atoms with Crippen LogP contribution in [-0.2, 0) is 0 Å². The SMILES string of the molecule is CCN1CCCC1CNCC(C#N)C(F)(F)F. The molecular formula is C11H18F3N3. The molecule has 0 spiro atoms. The molecule has 6 heteroatoms. The van der Waals surface area contributed by atoms with Gasteiger partial charge in [0, 0.05) is 19.1 Å². The third-order valence-corrected chi connectivity index (χ3v) is 3.18. The molecule has 0 bridgehead atoms. The van der Waals surface area contributed by atoms with Gasteiger partial charge in [-0.3, -0.25) is 4.90 Å². The number of halogens is 3. The van der Waals surface area contributed by atoms with E-state index in [1.54, 1.807) is 0 Å². The lowest BCUT2D eigenvalue weighted by Crippen LogP contribution is -2.41. The normalized spacial score (nSPS) is 23.6. The van der Waals surface area contributed by atoms with Gasteiger partial charge >= 0.3 is 6.18 Å². The van der Waals surface area contributed by atoms with Crippen LogP contribution >= 0.6 is 0 Å². The highest BCUT2D eigenvalue weighted by molar-refractivity contribution is 4.90. The van der Waals surface area contributed by atoms with E-state index in [0.29, 0.717) is 12.6 Å². The maximum absolute atomic E-state index is 12.3. The zero-order chi connectivity index (χ0) is 12.9. The largest absolute Gasteiger partial charge is 0.405 e. The number of hydrogen-bond acceptors (Lipinski definition) is 3. The smallest absolute Gasteiger partial charge is 0.314 e. The summed E-state index contributed by atoms with van der Waals surface area (Å²) in [5, 5.41) is 11.2. The molecular weight excluding hydrogens is 231 g/mol. The van der Waals surface area contributed by atoms with Gasteiger partial charge in [-0.15, -0.1) is 0 Å². The zero-order valence-electron chi connectivity index (χ0n) is 9.93. The number of likely N-dealkylation sites (N-methyl/N-ethyl adjacent to an activating group) is 1. The number of rotatable bonds is 5. The summed E-state index contributed by atoms with van der Waals surface area (Å²) in [6.45, 7) is 4.21. The Morgan fingerprint density at radius 2 is 2.24 bits per heavy atom. The van der Waals surface area contributed by atoms with E-state index in [1.807, 2.05) is 6.92 Å². The lowest BCUT2D eigenvalue weighted by atomic mass is 10.1. The minimum Gasteiger partial charge on any atom is -0.314 e. The fraction of sp³-hybridized carbons (Fsp3) is 0.909. The van der Waals surface area contributed by atoms with Crippen molar-refractivity contribution in [3.8, 4) is 6.07 Å². The molecule has 0 amide bonds. The molecule has 3 nitrogen and oxygen atoms in total. The molecule has 0 aromatic carbocycles. The van der Waals surface area contributed by atoms with E-state index in [1.165, 1.54) is 6.07 Å². The highest BCUT2D eigenvalue weighted by Gasteiger charge is 2.39. The van der Waals surface area contributed by atoms with Crippen LogP contribution in [-0.4, -0.2) is 43.3 Å². The molecule has 0 aromatic heterocycles. The van der Waals surface area contributed by atoms with Crippen molar-refractivity contribution in [1.29, 1.82) is 5.26 Å². The summed E-state index contributed by atoms with van der Waals surface area (Å²) < 4.78 is 36.9. The van der Waals surface area contributed by atoms with Gasteiger partial charge in [-0.25, -0.2) is 0 Å². The van der Waals surface area contributed by atoms with Crippen molar-refractivity contribution in [1.82, 2.24) is 10.2 Å². The first kappa shape index (κ1) is 14.3. The Morgan fingerprint density at radius 1 is 1.53 bits per heavy atom. The fourth-order valence-corrected chi connectivity index (χ4v) is 2.17. The first-order chi connectivity index (χ1) is 7.99. The van der Waals surface area contributed by atoms with Crippen LogP contribution in [0.1, 0.15) is 19.8 Å². The summed E-state index contributed by atoms with van der Waals surface area (Å²) in [5.74, 6) is -1.90. The lowest BCUT2D eigenvalue weighted by Gasteiger charge is -2.23. The van der Waals surface area contributed by atoms with Crippen LogP contribution in [0.3, 0.4) is 0 Å². The van der Waals surface area contributed by atoms with E-state index in [0.717, 1.165) is 25.9 Å². The lowest BCUT2D eigenvalue weighted by molar-refractivity contribution is -0.157. The Labute approximate surface area is 99.6 Å². The van der Waals surface area contributed by atoms with E-state index < -0.39 is 12.1 Å². The number of likely N-dealkylation sites (tertiary alicyclic amines) is 1. The summed E-state index contributed by atoms with van der Waals surface area (Å²) >= 11 is 0. The van der Waals surface area contributed by atoms with E-state index in [-0.39, 0.29) is 6.54 Å². The monoisotopic (exact) mass is 249 g/mol. The number of nitrogens with one attached hydrogen (secondary N) is 1. The topological polar surface area (TPSA) is 39.1 Å². The van der Waals surface area contributed by atoms with Crippen molar-refractivity contribution < 1.29 is 13.2 Å². The average Bonchev–Trinajstić information content (AvgIpc) is 2.69. The number of alkyl halides is 3. The van der Waals surface area contributed by atoms with Gasteiger partial charge in [-0.05, 0) is 25.9 Å². The second-order valence-corrected chi connectivity index (χ2v) is 4.31. The molecule has 1 saturated heterocycles. The summed E-state index contributed by atoms with van der Waals surface area (Å²) in [5.41, 5.74) is 0. The van der Waals surface area contributed by atoms with Crippen molar-refractivity contribution >= 4 is 0 Å². The standard InChI is InChI=1S/C11H18F3N3/c1-2-17-5-3-4-10(17)8-16-7-9(6-15)11(12,13)14/h9-10,16H,2-5,7-8H2,1H3. The first-order valence-corrected chi connectivity index (χ1v) is 5.90. The Kier molecular flexibility index (Phi) is 5.22.